The van der Waals surface area contributed by atoms with E-state index in [4.69, 9.17) is 0 Å². The molecule has 0 saturated carbocycles. The van der Waals surface area contributed by atoms with Crippen LogP contribution in [-0.2, 0) is 4.84 Å². The van der Waals surface area contributed by atoms with Crippen molar-refractivity contribution in [2.24, 2.45) is 0 Å². The molecule has 0 spiro atoms. The van der Waals surface area contributed by atoms with E-state index in [1.807, 2.05) is 0 Å². The highest BCUT2D eigenvalue weighted by molar-refractivity contribution is 9.10. The summed E-state index contributed by atoms with van der Waals surface area (Å²) >= 11 is 3.01. The summed E-state index contributed by atoms with van der Waals surface area (Å²) in [5, 5.41) is 10.6. The van der Waals surface area contributed by atoms with Crippen LogP contribution in [0.2, 0.25) is 0 Å². The first-order chi connectivity index (χ1) is 7.06. The lowest BCUT2D eigenvalue weighted by molar-refractivity contribution is -0.385. The van der Waals surface area contributed by atoms with E-state index in [1.54, 1.807) is 0 Å². The van der Waals surface area contributed by atoms with Crippen molar-refractivity contribution in [3.63, 3.8) is 0 Å². The van der Waals surface area contributed by atoms with Crippen LogP contribution in [0.25, 0.3) is 0 Å². The molecule has 0 radical (unpaired) electrons. The highest BCUT2D eigenvalue weighted by atomic mass is 79.9. The van der Waals surface area contributed by atoms with E-state index in [0.717, 1.165) is 0 Å². The maximum Gasteiger partial charge on any atom is 0.284 e. The lowest BCUT2D eigenvalue weighted by Gasteiger charge is -2.02. The minimum absolute atomic E-state index is 0.159. The maximum absolute atomic E-state index is 11.3. The number of carbonyl (C=O) groups excluding carboxylic acids is 1. The Hall–Kier alpha value is -1.47. The number of carbonyl (C=O) groups is 1. The van der Waals surface area contributed by atoms with Crippen LogP contribution in [0.3, 0.4) is 0 Å². The average Bonchev–Trinajstić information content (AvgIpc) is 2.18. The van der Waals surface area contributed by atoms with Gasteiger partial charge in [-0.25, -0.2) is 5.48 Å². The van der Waals surface area contributed by atoms with Gasteiger partial charge in [0.05, 0.1) is 16.5 Å². The van der Waals surface area contributed by atoms with Gasteiger partial charge in [-0.1, -0.05) is 0 Å². The van der Waals surface area contributed by atoms with Gasteiger partial charge >= 0.3 is 0 Å². The fourth-order valence-corrected chi connectivity index (χ4v) is 1.34. The third-order valence-electron chi connectivity index (χ3n) is 1.60. The summed E-state index contributed by atoms with van der Waals surface area (Å²) in [7, 11) is 1.28. The highest BCUT2D eigenvalue weighted by Gasteiger charge is 2.15. The number of amides is 1. The summed E-state index contributed by atoms with van der Waals surface area (Å²) in [4.78, 5) is 25.7. The molecular weight excluding hydrogens is 268 g/mol. The van der Waals surface area contributed by atoms with Crippen LogP contribution in [0, 0.1) is 10.1 Å². The van der Waals surface area contributed by atoms with Gasteiger partial charge in [0.15, 0.2) is 0 Å². The predicted octanol–water partition coefficient (Wildman–Crippen LogP) is 1.65. The molecule has 1 N–H and O–H groups in total. The molecule has 6 nitrogen and oxygen atoms in total. The molecule has 0 aliphatic carbocycles. The van der Waals surface area contributed by atoms with Crippen LogP contribution in [0.1, 0.15) is 10.4 Å². The van der Waals surface area contributed by atoms with Gasteiger partial charge < -0.3 is 0 Å². The number of benzene rings is 1. The Morgan fingerprint density at radius 1 is 1.60 bits per heavy atom. The normalized spacial score (nSPS) is 9.73. The average molecular weight is 275 g/mol. The molecule has 15 heavy (non-hydrogen) atoms. The summed E-state index contributed by atoms with van der Waals surface area (Å²) < 4.78 is 0.321. The molecule has 0 heterocycles. The molecule has 0 unspecified atom stereocenters. The summed E-state index contributed by atoms with van der Waals surface area (Å²) in [5.41, 5.74) is 2.06. The van der Waals surface area contributed by atoms with Crippen molar-refractivity contribution in [2.75, 3.05) is 7.11 Å². The van der Waals surface area contributed by atoms with Gasteiger partial charge in [-0.15, -0.1) is 0 Å². The molecule has 7 heteroatoms. The molecule has 0 aromatic heterocycles. The van der Waals surface area contributed by atoms with E-state index in [-0.39, 0.29) is 11.3 Å². The zero-order chi connectivity index (χ0) is 11.4. The third-order valence-corrected chi connectivity index (χ3v) is 2.27. The van der Waals surface area contributed by atoms with Crippen molar-refractivity contribution in [2.45, 2.75) is 0 Å². The van der Waals surface area contributed by atoms with Crippen molar-refractivity contribution in [1.82, 2.24) is 5.48 Å². The molecule has 0 saturated heterocycles. The first kappa shape index (κ1) is 11.6. The minimum atomic E-state index is -0.576. The zero-order valence-corrected chi connectivity index (χ0v) is 9.28. The lowest BCUT2D eigenvalue weighted by Crippen LogP contribution is -2.21. The largest absolute Gasteiger partial charge is 0.284 e. The number of hydrogen-bond donors (Lipinski definition) is 1. The van der Waals surface area contributed by atoms with E-state index in [1.165, 1.54) is 25.3 Å². The van der Waals surface area contributed by atoms with E-state index in [0.29, 0.717) is 4.47 Å². The van der Waals surface area contributed by atoms with Crippen LogP contribution in [-0.4, -0.2) is 17.9 Å². The quantitative estimate of drug-likeness (QED) is 0.671. The molecule has 1 amide bonds. The summed E-state index contributed by atoms with van der Waals surface area (Å²) in [6, 6.07) is 4.05. The summed E-state index contributed by atoms with van der Waals surface area (Å²) in [6.45, 7) is 0. The number of halogens is 1. The van der Waals surface area contributed by atoms with Gasteiger partial charge in [-0.2, -0.15) is 0 Å². The van der Waals surface area contributed by atoms with E-state index < -0.39 is 10.8 Å². The van der Waals surface area contributed by atoms with E-state index >= 15 is 0 Å². The van der Waals surface area contributed by atoms with Gasteiger partial charge in [-0.05, 0) is 28.1 Å². The first-order valence-electron chi connectivity index (χ1n) is 3.83. The standard InChI is InChI=1S/C8H7BrN2O4/c1-15-10-8(12)5-2-3-6(9)7(4-5)11(13)14/h2-4H,1H3,(H,10,12). The Labute approximate surface area is 93.5 Å². The Morgan fingerprint density at radius 2 is 2.27 bits per heavy atom. The molecule has 80 valence electrons. The zero-order valence-electron chi connectivity index (χ0n) is 7.69. The van der Waals surface area contributed by atoms with Crippen molar-refractivity contribution < 1.29 is 14.6 Å². The molecule has 0 fully saturated rings. The molecule has 1 aromatic rings. The third kappa shape index (κ3) is 2.74. The molecule has 0 aliphatic heterocycles. The van der Waals surface area contributed by atoms with Crippen LogP contribution in [0.15, 0.2) is 22.7 Å². The second-order valence-corrected chi connectivity index (χ2v) is 3.41. The topological polar surface area (TPSA) is 81.5 Å². The fraction of sp³-hybridized carbons (Fsp3) is 0.125. The van der Waals surface area contributed by atoms with Crippen molar-refractivity contribution in [1.29, 1.82) is 0 Å². The summed E-state index contributed by atoms with van der Waals surface area (Å²) in [6.07, 6.45) is 0. The minimum Gasteiger partial charge on any atom is -0.277 e. The van der Waals surface area contributed by atoms with Crippen LogP contribution in [0.5, 0.6) is 0 Å². The lowest BCUT2D eigenvalue weighted by atomic mass is 10.2. The van der Waals surface area contributed by atoms with Crippen LogP contribution < -0.4 is 5.48 Å². The highest BCUT2D eigenvalue weighted by Crippen LogP contribution is 2.25. The number of hydroxylamine groups is 1. The second kappa shape index (κ2) is 4.85. The van der Waals surface area contributed by atoms with Crippen molar-refractivity contribution in [3.05, 3.63) is 38.3 Å². The second-order valence-electron chi connectivity index (χ2n) is 2.56. The molecule has 0 atom stereocenters. The van der Waals surface area contributed by atoms with Crippen molar-refractivity contribution in [3.8, 4) is 0 Å². The molecule has 0 bridgehead atoms. The number of nitrogens with one attached hydrogen (secondary N) is 1. The molecule has 1 rings (SSSR count). The van der Waals surface area contributed by atoms with Gasteiger partial charge in [0.2, 0.25) is 0 Å². The number of nitro groups is 1. The van der Waals surface area contributed by atoms with Gasteiger partial charge in [0, 0.05) is 11.6 Å². The number of hydrogen-bond acceptors (Lipinski definition) is 4. The Morgan fingerprint density at radius 3 is 2.80 bits per heavy atom. The van der Waals surface area contributed by atoms with Crippen molar-refractivity contribution >= 4 is 27.5 Å². The molecule has 1 aromatic carbocycles. The van der Waals surface area contributed by atoms with Crippen LogP contribution >= 0.6 is 15.9 Å². The van der Waals surface area contributed by atoms with Gasteiger partial charge in [0.25, 0.3) is 11.6 Å². The summed E-state index contributed by atoms with van der Waals surface area (Å²) in [5.74, 6) is -0.534. The Balaban J connectivity index is 3.07. The first-order valence-corrected chi connectivity index (χ1v) is 4.63. The Bertz CT molecular complexity index is 408. The fourth-order valence-electron chi connectivity index (χ4n) is 0.945. The maximum atomic E-state index is 11.3. The van der Waals surface area contributed by atoms with Gasteiger partial charge in [0.1, 0.15) is 0 Å². The predicted molar refractivity (Wildman–Crippen MR) is 55.3 cm³/mol. The van der Waals surface area contributed by atoms with E-state index in [9.17, 15) is 14.9 Å². The monoisotopic (exact) mass is 274 g/mol. The van der Waals surface area contributed by atoms with Crippen LogP contribution in [0.4, 0.5) is 5.69 Å². The number of rotatable bonds is 3. The van der Waals surface area contributed by atoms with Gasteiger partial charge in [-0.3, -0.25) is 19.7 Å². The SMILES string of the molecule is CONC(=O)c1ccc(Br)c([N+](=O)[O-])c1. The molecular formula is C8H7BrN2O4. The Kier molecular flexibility index (Phi) is 3.75. The number of nitro benzene ring substituents is 1. The number of nitrogens with zero attached hydrogens (tertiary/aromatic N) is 1. The molecule has 0 aliphatic rings. The smallest absolute Gasteiger partial charge is 0.277 e. The van der Waals surface area contributed by atoms with E-state index in [2.05, 4.69) is 26.2 Å².